The van der Waals surface area contributed by atoms with E-state index in [1.165, 1.54) is 5.56 Å². The Morgan fingerprint density at radius 2 is 1.90 bits per heavy atom. The Morgan fingerprint density at radius 3 is 2.50 bits per heavy atom. The molecule has 2 atom stereocenters. The molecule has 1 aromatic rings. The topological polar surface area (TPSA) is 32.5 Å². The van der Waals surface area contributed by atoms with Gasteiger partial charge in [-0.3, -0.25) is 4.90 Å². The standard InChI is InChI=1S/C17H29N3/c1-14(18)17(2,3)13-20-11-10-19(4)12-16(20)15-8-6-5-7-9-15/h5-9,14,16H,10-13,18H2,1-4H3. The van der Waals surface area contributed by atoms with Gasteiger partial charge in [0.2, 0.25) is 0 Å². The molecule has 3 heteroatoms. The summed E-state index contributed by atoms with van der Waals surface area (Å²) < 4.78 is 0. The van der Waals surface area contributed by atoms with E-state index in [1.807, 2.05) is 0 Å². The van der Waals surface area contributed by atoms with Gasteiger partial charge in [0.25, 0.3) is 0 Å². The van der Waals surface area contributed by atoms with Crippen molar-refractivity contribution in [2.75, 3.05) is 33.2 Å². The first-order valence-corrected chi connectivity index (χ1v) is 7.63. The zero-order chi connectivity index (χ0) is 14.8. The number of hydrogen-bond acceptors (Lipinski definition) is 3. The highest BCUT2D eigenvalue weighted by molar-refractivity contribution is 5.20. The summed E-state index contributed by atoms with van der Waals surface area (Å²) in [6.07, 6.45) is 0. The molecular formula is C17H29N3. The van der Waals surface area contributed by atoms with Gasteiger partial charge in [-0.25, -0.2) is 0 Å². The molecule has 1 aliphatic heterocycles. The molecule has 0 amide bonds. The van der Waals surface area contributed by atoms with Crippen molar-refractivity contribution in [3.8, 4) is 0 Å². The van der Waals surface area contributed by atoms with E-state index in [4.69, 9.17) is 5.73 Å². The summed E-state index contributed by atoms with van der Waals surface area (Å²) in [5, 5.41) is 0. The largest absolute Gasteiger partial charge is 0.327 e. The van der Waals surface area contributed by atoms with Crippen LogP contribution >= 0.6 is 0 Å². The molecule has 1 heterocycles. The SMILES string of the molecule is CC(N)C(C)(C)CN1CCN(C)CC1c1ccccc1. The lowest BCUT2D eigenvalue weighted by Crippen LogP contribution is -2.52. The first kappa shape index (κ1) is 15.5. The fourth-order valence-electron chi connectivity index (χ4n) is 2.81. The fraction of sp³-hybridized carbons (Fsp3) is 0.647. The molecular weight excluding hydrogens is 246 g/mol. The third-order valence-corrected chi connectivity index (χ3v) is 4.72. The average Bonchev–Trinajstić information content (AvgIpc) is 2.41. The van der Waals surface area contributed by atoms with E-state index < -0.39 is 0 Å². The lowest BCUT2D eigenvalue weighted by Gasteiger charge is -2.44. The Bertz CT molecular complexity index is 414. The zero-order valence-corrected chi connectivity index (χ0v) is 13.3. The Labute approximate surface area is 123 Å². The second-order valence-electron chi connectivity index (χ2n) is 6.94. The average molecular weight is 275 g/mol. The van der Waals surface area contributed by atoms with Crippen LogP contribution in [0.2, 0.25) is 0 Å². The number of likely N-dealkylation sites (N-methyl/N-ethyl adjacent to an activating group) is 1. The third-order valence-electron chi connectivity index (χ3n) is 4.72. The van der Waals surface area contributed by atoms with E-state index in [2.05, 4.69) is 68.0 Å². The first-order chi connectivity index (χ1) is 9.40. The highest BCUT2D eigenvalue weighted by Crippen LogP contribution is 2.30. The van der Waals surface area contributed by atoms with Crippen molar-refractivity contribution in [3.05, 3.63) is 35.9 Å². The van der Waals surface area contributed by atoms with Gasteiger partial charge in [0.1, 0.15) is 0 Å². The first-order valence-electron chi connectivity index (χ1n) is 7.63. The molecule has 3 nitrogen and oxygen atoms in total. The van der Waals surface area contributed by atoms with E-state index in [0.717, 1.165) is 26.2 Å². The number of nitrogens with zero attached hydrogens (tertiary/aromatic N) is 2. The van der Waals surface area contributed by atoms with Crippen LogP contribution < -0.4 is 5.73 Å². The third kappa shape index (κ3) is 3.60. The Balaban J connectivity index is 2.17. The van der Waals surface area contributed by atoms with E-state index >= 15 is 0 Å². The molecule has 1 aromatic carbocycles. The van der Waals surface area contributed by atoms with Crippen LogP contribution in [0.1, 0.15) is 32.4 Å². The Kier molecular flexibility index (Phi) is 4.84. The predicted octanol–water partition coefficient (Wildman–Crippen LogP) is 2.35. The summed E-state index contributed by atoms with van der Waals surface area (Å²) in [5.41, 5.74) is 7.72. The van der Waals surface area contributed by atoms with Gasteiger partial charge in [0, 0.05) is 38.3 Å². The van der Waals surface area contributed by atoms with Gasteiger partial charge >= 0.3 is 0 Å². The molecule has 1 fully saturated rings. The summed E-state index contributed by atoms with van der Waals surface area (Å²) in [7, 11) is 2.21. The molecule has 112 valence electrons. The van der Waals surface area contributed by atoms with Crippen LogP contribution in [0.4, 0.5) is 0 Å². The molecule has 1 aliphatic rings. The van der Waals surface area contributed by atoms with Crippen LogP contribution in [-0.2, 0) is 0 Å². The van der Waals surface area contributed by atoms with Crippen LogP contribution in [0.5, 0.6) is 0 Å². The van der Waals surface area contributed by atoms with Gasteiger partial charge in [-0.05, 0) is 24.9 Å². The van der Waals surface area contributed by atoms with Crippen molar-refractivity contribution in [3.63, 3.8) is 0 Å². The van der Waals surface area contributed by atoms with Crippen molar-refractivity contribution in [1.29, 1.82) is 0 Å². The van der Waals surface area contributed by atoms with Crippen LogP contribution in [0.15, 0.2) is 30.3 Å². The summed E-state index contributed by atoms with van der Waals surface area (Å²) in [6, 6.07) is 11.5. The molecule has 2 N–H and O–H groups in total. The van der Waals surface area contributed by atoms with Crippen LogP contribution in [0.25, 0.3) is 0 Å². The second-order valence-corrected chi connectivity index (χ2v) is 6.94. The van der Waals surface area contributed by atoms with Gasteiger partial charge in [-0.15, -0.1) is 0 Å². The number of rotatable bonds is 4. The minimum absolute atomic E-state index is 0.142. The lowest BCUT2D eigenvalue weighted by molar-refractivity contribution is 0.0500. The number of piperazine rings is 1. The maximum Gasteiger partial charge on any atom is 0.0475 e. The Hall–Kier alpha value is -0.900. The van der Waals surface area contributed by atoms with Crippen LogP contribution in [0.3, 0.4) is 0 Å². The molecule has 0 aliphatic carbocycles. The number of hydrogen-bond donors (Lipinski definition) is 1. The van der Waals surface area contributed by atoms with E-state index in [1.54, 1.807) is 0 Å². The normalized spacial score (nSPS) is 23.8. The van der Waals surface area contributed by atoms with Crippen LogP contribution in [-0.4, -0.2) is 49.1 Å². The molecule has 2 rings (SSSR count). The molecule has 0 bridgehead atoms. The van der Waals surface area contributed by atoms with Gasteiger partial charge < -0.3 is 10.6 Å². The van der Waals surface area contributed by atoms with Crippen LogP contribution in [0, 0.1) is 5.41 Å². The van der Waals surface area contributed by atoms with Crippen molar-refractivity contribution < 1.29 is 0 Å². The Morgan fingerprint density at radius 1 is 1.25 bits per heavy atom. The maximum absolute atomic E-state index is 6.16. The van der Waals surface area contributed by atoms with Crippen molar-refractivity contribution in [2.24, 2.45) is 11.1 Å². The molecule has 0 radical (unpaired) electrons. The smallest absolute Gasteiger partial charge is 0.0475 e. The van der Waals surface area contributed by atoms with Gasteiger partial charge in [0.15, 0.2) is 0 Å². The van der Waals surface area contributed by atoms with Gasteiger partial charge in [-0.1, -0.05) is 44.2 Å². The van der Waals surface area contributed by atoms with Gasteiger partial charge in [0.05, 0.1) is 0 Å². The minimum atomic E-state index is 0.142. The summed E-state index contributed by atoms with van der Waals surface area (Å²) in [4.78, 5) is 5.03. The molecule has 0 spiro atoms. The fourth-order valence-corrected chi connectivity index (χ4v) is 2.81. The van der Waals surface area contributed by atoms with E-state index in [-0.39, 0.29) is 11.5 Å². The monoisotopic (exact) mass is 275 g/mol. The molecule has 0 saturated carbocycles. The number of benzene rings is 1. The lowest BCUT2D eigenvalue weighted by atomic mass is 9.84. The van der Waals surface area contributed by atoms with Crippen molar-refractivity contribution >= 4 is 0 Å². The quantitative estimate of drug-likeness (QED) is 0.915. The second kappa shape index (κ2) is 6.25. The summed E-state index contributed by atoms with van der Waals surface area (Å²) >= 11 is 0. The highest BCUT2D eigenvalue weighted by atomic mass is 15.3. The van der Waals surface area contributed by atoms with E-state index in [9.17, 15) is 0 Å². The molecule has 1 saturated heterocycles. The maximum atomic E-state index is 6.16. The minimum Gasteiger partial charge on any atom is -0.327 e. The molecule has 20 heavy (non-hydrogen) atoms. The van der Waals surface area contributed by atoms with Gasteiger partial charge in [-0.2, -0.15) is 0 Å². The summed E-state index contributed by atoms with van der Waals surface area (Å²) in [6.45, 7) is 11.1. The van der Waals surface area contributed by atoms with Crippen molar-refractivity contribution in [2.45, 2.75) is 32.9 Å². The predicted molar refractivity (Wildman–Crippen MR) is 85.7 cm³/mol. The molecule has 2 unspecified atom stereocenters. The van der Waals surface area contributed by atoms with Crippen molar-refractivity contribution in [1.82, 2.24) is 9.80 Å². The van der Waals surface area contributed by atoms with E-state index in [0.29, 0.717) is 6.04 Å². The number of nitrogens with two attached hydrogens (primary N) is 1. The summed E-state index contributed by atoms with van der Waals surface area (Å²) in [5.74, 6) is 0. The highest BCUT2D eigenvalue weighted by Gasteiger charge is 2.32. The molecule has 0 aromatic heterocycles. The zero-order valence-electron chi connectivity index (χ0n) is 13.3.